The number of nitrogens with zero attached hydrogens (tertiary/aromatic N) is 2. The molecule has 1 saturated heterocycles. The highest BCUT2D eigenvalue weighted by molar-refractivity contribution is 5.34. The van der Waals surface area contributed by atoms with Crippen LogP contribution in [0.2, 0.25) is 0 Å². The van der Waals surface area contributed by atoms with E-state index in [1.54, 1.807) is 0 Å². The monoisotopic (exact) mass is 320 g/mol. The lowest BCUT2D eigenvalue weighted by Crippen LogP contribution is -2.49. The minimum Gasteiger partial charge on any atom is -0.491 e. The van der Waals surface area contributed by atoms with Gasteiger partial charge in [-0.25, -0.2) is 0 Å². The summed E-state index contributed by atoms with van der Waals surface area (Å²) >= 11 is 0. The summed E-state index contributed by atoms with van der Waals surface area (Å²) in [4.78, 5) is 4.49. The number of allylic oxidation sites excluding steroid dienone is 1. The average molecular weight is 320 g/mol. The first kappa shape index (κ1) is 17.9. The van der Waals surface area contributed by atoms with Crippen LogP contribution in [-0.4, -0.2) is 78.6 Å². The van der Waals surface area contributed by atoms with Crippen LogP contribution in [0.3, 0.4) is 0 Å². The first-order valence-corrected chi connectivity index (χ1v) is 8.28. The Kier molecular flexibility index (Phi) is 7.55. The molecule has 23 heavy (non-hydrogen) atoms. The molecule has 0 amide bonds. The van der Waals surface area contributed by atoms with E-state index in [9.17, 15) is 5.11 Å². The van der Waals surface area contributed by atoms with Crippen molar-refractivity contribution in [3.05, 3.63) is 42.5 Å². The molecular weight excluding hydrogens is 292 g/mol. The second kappa shape index (κ2) is 9.67. The van der Waals surface area contributed by atoms with Crippen molar-refractivity contribution in [1.82, 2.24) is 9.80 Å². The van der Waals surface area contributed by atoms with Crippen LogP contribution in [0.15, 0.2) is 36.9 Å². The van der Waals surface area contributed by atoms with E-state index in [-0.39, 0.29) is 6.61 Å². The van der Waals surface area contributed by atoms with E-state index in [4.69, 9.17) is 9.84 Å². The van der Waals surface area contributed by atoms with Gasteiger partial charge in [-0.05, 0) is 18.1 Å². The molecule has 1 atom stereocenters. The predicted octanol–water partition coefficient (Wildman–Crippen LogP) is 0.765. The maximum atomic E-state index is 10.2. The Morgan fingerprint density at radius 1 is 1.17 bits per heavy atom. The van der Waals surface area contributed by atoms with Crippen LogP contribution >= 0.6 is 0 Å². The molecule has 1 aliphatic rings. The van der Waals surface area contributed by atoms with Crippen molar-refractivity contribution in [2.45, 2.75) is 12.5 Å². The van der Waals surface area contributed by atoms with Gasteiger partial charge in [-0.2, -0.15) is 0 Å². The summed E-state index contributed by atoms with van der Waals surface area (Å²) < 4.78 is 5.78. The van der Waals surface area contributed by atoms with Gasteiger partial charge < -0.3 is 14.9 Å². The Bertz CT molecular complexity index is 473. The molecule has 0 unspecified atom stereocenters. The number of hydrogen-bond donors (Lipinski definition) is 2. The van der Waals surface area contributed by atoms with Gasteiger partial charge in [0.15, 0.2) is 0 Å². The number of ether oxygens (including phenoxy) is 1. The maximum Gasteiger partial charge on any atom is 0.122 e. The van der Waals surface area contributed by atoms with Gasteiger partial charge in [0.1, 0.15) is 18.5 Å². The number of aliphatic hydroxyl groups excluding tert-OH is 2. The topological polar surface area (TPSA) is 56.2 Å². The lowest BCUT2D eigenvalue weighted by molar-refractivity contribution is 0.0427. The number of aliphatic hydroxyl groups is 2. The number of benzene rings is 1. The molecule has 128 valence electrons. The van der Waals surface area contributed by atoms with Crippen molar-refractivity contribution in [3.8, 4) is 5.75 Å². The van der Waals surface area contributed by atoms with E-state index in [0.29, 0.717) is 13.2 Å². The minimum absolute atomic E-state index is 0.209. The third kappa shape index (κ3) is 5.95. The summed E-state index contributed by atoms with van der Waals surface area (Å²) in [5.74, 6) is 0.819. The van der Waals surface area contributed by atoms with Crippen molar-refractivity contribution < 1.29 is 14.9 Å². The summed E-state index contributed by atoms with van der Waals surface area (Å²) in [7, 11) is 0. The molecule has 2 rings (SSSR count). The molecule has 5 nitrogen and oxygen atoms in total. The molecule has 0 aliphatic carbocycles. The summed E-state index contributed by atoms with van der Waals surface area (Å²) in [6.45, 7) is 9.34. The first-order chi connectivity index (χ1) is 11.2. The normalized spacial score (nSPS) is 17.8. The summed E-state index contributed by atoms with van der Waals surface area (Å²) in [6, 6.07) is 7.87. The fraction of sp³-hybridized carbons (Fsp3) is 0.556. The smallest absolute Gasteiger partial charge is 0.122 e. The molecule has 0 aromatic heterocycles. The quantitative estimate of drug-likeness (QED) is 0.658. The Morgan fingerprint density at radius 2 is 1.87 bits per heavy atom. The zero-order valence-electron chi connectivity index (χ0n) is 13.7. The molecule has 1 aliphatic heterocycles. The van der Waals surface area contributed by atoms with Crippen LogP contribution in [0.4, 0.5) is 0 Å². The van der Waals surface area contributed by atoms with Crippen LogP contribution in [-0.2, 0) is 6.42 Å². The van der Waals surface area contributed by atoms with Crippen LogP contribution in [0.5, 0.6) is 5.75 Å². The van der Waals surface area contributed by atoms with E-state index in [2.05, 4.69) is 16.4 Å². The largest absolute Gasteiger partial charge is 0.491 e. The highest BCUT2D eigenvalue weighted by Gasteiger charge is 2.19. The highest BCUT2D eigenvalue weighted by Crippen LogP contribution is 2.19. The van der Waals surface area contributed by atoms with Gasteiger partial charge in [0.05, 0.1) is 6.61 Å². The van der Waals surface area contributed by atoms with E-state index < -0.39 is 6.10 Å². The molecule has 1 heterocycles. The van der Waals surface area contributed by atoms with E-state index >= 15 is 0 Å². The SMILES string of the molecule is C=CCc1ccccc1OC[C@H](O)CN1CCN(CCO)CC1. The second-order valence-corrected chi connectivity index (χ2v) is 5.93. The number of piperazine rings is 1. The number of para-hydroxylation sites is 1. The zero-order chi connectivity index (χ0) is 16.5. The highest BCUT2D eigenvalue weighted by atomic mass is 16.5. The van der Waals surface area contributed by atoms with Crippen molar-refractivity contribution in [3.63, 3.8) is 0 Å². The number of hydrogen-bond acceptors (Lipinski definition) is 5. The summed E-state index contributed by atoms with van der Waals surface area (Å²) in [5, 5.41) is 19.2. The fourth-order valence-corrected chi connectivity index (χ4v) is 2.84. The fourth-order valence-electron chi connectivity index (χ4n) is 2.84. The average Bonchev–Trinajstić information content (AvgIpc) is 2.56. The molecule has 1 fully saturated rings. The second-order valence-electron chi connectivity index (χ2n) is 5.93. The minimum atomic E-state index is -0.504. The van der Waals surface area contributed by atoms with Crippen molar-refractivity contribution >= 4 is 0 Å². The van der Waals surface area contributed by atoms with Crippen molar-refractivity contribution in [1.29, 1.82) is 0 Å². The molecule has 0 spiro atoms. The standard InChI is InChI=1S/C18H28N2O3/c1-2-5-16-6-3-4-7-18(16)23-15-17(22)14-20-10-8-19(9-11-20)12-13-21/h2-4,6-7,17,21-22H,1,5,8-15H2/t17-/m1/s1. The van der Waals surface area contributed by atoms with E-state index in [1.807, 2.05) is 30.3 Å². The van der Waals surface area contributed by atoms with E-state index in [1.165, 1.54) is 0 Å². The van der Waals surface area contributed by atoms with Crippen LogP contribution in [0.25, 0.3) is 0 Å². The molecule has 2 N–H and O–H groups in total. The third-order valence-corrected chi connectivity index (χ3v) is 4.12. The predicted molar refractivity (Wildman–Crippen MR) is 91.8 cm³/mol. The first-order valence-electron chi connectivity index (χ1n) is 8.28. The van der Waals surface area contributed by atoms with Gasteiger partial charge in [-0.15, -0.1) is 6.58 Å². The van der Waals surface area contributed by atoms with E-state index in [0.717, 1.165) is 50.5 Å². The summed E-state index contributed by atoms with van der Waals surface area (Å²) in [6.07, 6.45) is 2.11. The van der Waals surface area contributed by atoms with Gasteiger partial charge >= 0.3 is 0 Å². The van der Waals surface area contributed by atoms with Crippen LogP contribution < -0.4 is 4.74 Å². The Morgan fingerprint density at radius 3 is 2.57 bits per heavy atom. The molecular formula is C18H28N2O3. The molecule has 0 saturated carbocycles. The zero-order valence-corrected chi connectivity index (χ0v) is 13.7. The van der Waals surface area contributed by atoms with Gasteiger partial charge in [0.25, 0.3) is 0 Å². The van der Waals surface area contributed by atoms with Gasteiger partial charge in [-0.3, -0.25) is 9.80 Å². The summed E-state index contributed by atoms with van der Waals surface area (Å²) in [5.41, 5.74) is 1.09. The van der Waals surface area contributed by atoms with Gasteiger partial charge in [0, 0.05) is 39.3 Å². The lowest BCUT2D eigenvalue weighted by Gasteiger charge is -2.35. The number of rotatable bonds is 9. The Hall–Kier alpha value is -1.40. The number of β-amino-alcohol motifs (C(OH)–C–C–N with tert-alkyl or cyclic N) is 2. The Labute approximate surface area is 138 Å². The third-order valence-electron chi connectivity index (χ3n) is 4.12. The molecule has 0 radical (unpaired) electrons. The van der Waals surface area contributed by atoms with Crippen molar-refractivity contribution in [2.24, 2.45) is 0 Å². The van der Waals surface area contributed by atoms with Gasteiger partial charge in [-0.1, -0.05) is 24.3 Å². The van der Waals surface area contributed by atoms with Gasteiger partial charge in [0.2, 0.25) is 0 Å². The van der Waals surface area contributed by atoms with Crippen LogP contribution in [0, 0.1) is 0 Å². The maximum absolute atomic E-state index is 10.2. The molecule has 1 aromatic carbocycles. The Balaban J connectivity index is 1.73. The van der Waals surface area contributed by atoms with Crippen LogP contribution in [0.1, 0.15) is 5.56 Å². The molecule has 5 heteroatoms. The molecule has 1 aromatic rings. The molecule has 0 bridgehead atoms. The van der Waals surface area contributed by atoms with Crippen molar-refractivity contribution in [2.75, 3.05) is 52.5 Å². The lowest BCUT2D eigenvalue weighted by atomic mass is 10.1.